The first-order valence-electron chi connectivity index (χ1n) is 5.73. The van der Waals surface area contributed by atoms with E-state index >= 15 is 0 Å². The van der Waals surface area contributed by atoms with E-state index in [1.807, 2.05) is 5.43 Å². The fourth-order valence-electron chi connectivity index (χ4n) is 1.47. The van der Waals surface area contributed by atoms with Crippen molar-refractivity contribution in [2.75, 3.05) is 0 Å². The maximum atomic E-state index is 13.4. The van der Waals surface area contributed by atoms with Crippen LogP contribution in [0.5, 0.6) is 0 Å². The summed E-state index contributed by atoms with van der Waals surface area (Å²) >= 11 is 5.63. The largest absolute Gasteiger partial charge is 0.460 e. The van der Waals surface area contributed by atoms with E-state index in [2.05, 4.69) is 10.2 Å². The Kier molecular flexibility index (Phi) is 4.18. The van der Waals surface area contributed by atoms with Crippen molar-refractivity contribution in [2.45, 2.75) is 18.0 Å². The van der Waals surface area contributed by atoms with Crippen LogP contribution in [0.1, 0.15) is 5.56 Å². The maximum absolute atomic E-state index is 13.4. The molecule has 4 nitrogen and oxygen atoms in total. The second kappa shape index (κ2) is 5.55. The molecule has 0 saturated heterocycles. The molecule has 126 valence electrons. The average Bonchev–Trinajstić information content (AvgIpc) is 2.47. The van der Waals surface area contributed by atoms with E-state index in [1.54, 1.807) is 0 Å². The topological polar surface area (TPSA) is 48.8 Å². The summed E-state index contributed by atoms with van der Waals surface area (Å²) in [5, 5.41) is 6.46. The summed E-state index contributed by atoms with van der Waals surface area (Å²) in [6.45, 7) is 0. The minimum absolute atomic E-state index is 0.170. The Hall–Kier alpha value is -2.04. The van der Waals surface area contributed by atoms with Gasteiger partial charge in [0.15, 0.2) is 5.84 Å². The van der Waals surface area contributed by atoms with Crippen LogP contribution in [0.4, 0.5) is 30.7 Å². The smallest absolute Gasteiger partial charge is 0.257 e. The summed E-state index contributed by atoms with van der Waals surface area (Å²) in [5.41, 5.74) is 3.59. The molecule has 2 rings (SSSR count). The van der Waals surface area contributed by atoms with Gasteiger partial charge in [-0.1, -0.05) is 11.6 Å². The molecule has 0 aliphatic carbocycles. The second-order valence-corrected chi connectivity index (χ2v) is 4.73. The Morgan fingerprint density at radius 2 is 1.39 bits per heavy atom. The lowest BCUT2D eigenvalue weighted by atomic mass is 10.1. The number of hydrogen-bond acceptors (Lipinski definition) is 4. The molecular weight excluding hydrogens is 357 g/mol. The zero-order valence-electron chi connectivity index (χ0n) is 10.7. The van der Waals surface area contributed by atoms with Crippen molar-refractivity contribution in [3.05, 3.63) is 34.9 Å². The fourth-order valence-corrected chi connectivity index (χ4v) is 1.60. The number of rotatable bonds is 3. The molecule has 0 atom stereocenters. The highest BCUT2D eigenvalue weighted by Gasteiger charge is 2.75. The van der Waals surface area contributed by atoms with Gasteiger partial charge in [0.05, 0.1) is 0 Å². The molecule has 0 bridgehead atoms. The summed E-state index contributed by atoms with van der Waals surface area (Å²) in [7, 11) is 0. The first-order chi connectivity index (χ1) is 10.5. The maximum Gasteiger partial charge on any atom is 0.460 e. The quantitative estimate of drug-likeness (QED) is 0.810. The lowest BCUT2D eigenvalue weighted by Crippen LogP contribution is -2.60. The Balaban J connectivity index is 2.21. The number of nitrogens with one attached hydrogen (secondary N) is 2. The van der Waals surface area contributed by atoms with Gasteiger partial charge in [0, 0.05) is 10.6 Å². The first-order valence-corrected chi connectivity index (χ1v) is 6.11. The lowest BCUT2D eigenvalue weighted by molar-refractivity contribution is -0.337. The zero-order valence-corrected chi connectivity index (χ0v) is 11.5. The van der Waals surface area contributed by atoms with Crippen molar-refractivity contribution in [1.29, 1.82) is 0 Å². The molecule has 0 aromatic heterocycles. The third-order valence-corrected chi connectivity index (χ3v) is 2.96. The van der Waals surface area contributed by atoms with Crippen molar-refractivity contribution in [1.82, 2.24) is 10.9 Å². The number of amidine groups is 2. The van der Waals surface area contributed by atoms with E-state index in [0.29, 0.717) is 5.02 Å². The van der Waals surface area contributed by atoms with Crippen molar-refractivity contribution in [3.63, 3.8) is 0 Å². The second-order valence-electron chi connectivity index (χ2n) is 4.30. The average molecular weight is 363 g/mol. The van der Waals surface area contributed by atoms with E-state index in [9.17, 15) is 30.7 Å². The van der Waals surface area contributed by atoms with Crippen LogP contribution in [0.15, 0.2) is 34.5 Å². The molecule has 0 amide bonds. The Morgan fingerprint density at radius 1 is 0.826 bits per heavy atom. The third-order valence-electron chi connectivity index (χ3n) is 2.71. The van der Waals surface area contributed by atoms with Gasteiger partial charge in [0.1, 0.15) is 0 Å². The molecule has 1 aliphatic rings. The highest BCUT2D eigenvalue weighted by Crippen LogP contribution is 2.46. The van der Waals surface area contributed by atoms with Crippen LogP contribution in [0.2, 0.25) is 5.02 Å². The molecule has 0 unspecified atom stereocenters. The van der Waals surface area contributed by atoms with E-state index in [-0.39, 0.29) is 11.4 Å². The highest BCUT2D eigenvalue weighted by molar-refractivity contribution is 6.30. The zero-order chi connectivity index (χ0) is 17.5. The SMILES string of the molecule is FC(F)(F)C(F)(F)C(F)(F)C1=NNC(c2ccc(Cl)cc2)=NN1. The summed E-state index contributed by atoms with van der Waals surface area (Å²) in [6.07, 6.45) is -6.46. The van der Waals surface area contributed by atoms with Gasteiger partial charge in [-0.05, 0) is 24.3 Å². The fraction of sp³-hybridized carbons (Fsp3) is 0.273. The summed E-state index contributed by atoms with van der Waals surface area (Å²) in [5.74, 6) is -14.1. The predicted octanol–water partition coefficient (Wildman–Crippen LogP) is 3.34. The van der Waals surface area contributed by atoms with Crippen LogP contribution >= 0.6 is 11.6 Å². The molecule has 0 radical (unpaired) electrons. The van der Waals surface area contributed by atoms with Crippen molar-refractivity contribution in [3.8, 4) is 0 Å². The van der Waals surface area contributed by atoms with Gasteiger partial charge in [-0.3, -0.25) is 10.9 Å². The summed E-state index contributed by atoms with van der Waals surface area (Å²) in [6, 6.07) is 5.65. The van der Waals surface area contributed by atoms with Crippen molar-refractivity contribution < 1.29 is 30.7 Å². The molecule has 1 heterocycles. The van der Waals surface area contributed by atoms with Gasteiger partial charge in [-0.25, -0.2) is 0 Å². The van der Waals surface area contributed by atoms with Gasteiger partial charge in [0.2, 0.25) is 5.84 Å². The Morgan fingerprint density at radius 3 is 1.83 bits per heavy atom. The van der Waals surface area contributed by atoms with Crippen LogP contribution < -0.4 is 10.9 Å². The van der Waals surface area contributed by atoms with E-state index in [1.165, 1.54) is 29.7 Å². The van der Waals surface area contributed by atoms with Crippen LogP contribution in [0, 0.1) is 0 Å². The van der Waals surface area contributed by atoms with Gasteiger partial charge in [0.25, 0.3) is 0 Å². The molecule has 0 saturated carbocycles. The molecule has 23 heavy (non-hydrogen) atoms. The molecule has 1 aliphatic heterocycles. The molecule has 2 N–H and O–H groups in total. The van der Waals surface area contributed by atoms with Crippen LogP contribution in [-0.4, -0.2) is 29.7 Å². The number of nitrogens with zero attached hydrogens (tertiary/aromatic N) is 2. The summed E-state index contributed by atoms with van der Waals surface area (Å²) in [4.78, 5) is 0. The van der Waals surface area contributed by atoms with Crippen molar-refractivity contribution >= 4 is 23.3 Å². The van der Waals surface area contributed by atoms with Crippen LogP contribution in [0.3, 0.4) is 0 Å². The molecule has 1 aromatic rings. The Labute approximate surface area is 129 Å². The standard InChI is InChI=1S/C11H6ClF7N4/c12-6-3-1-5(2-4-6)7-20-22-8(23-21-7)9(13,14)10(15,16)11(17,18)19/h1-4H,(H,20,21)(H,22,23). The number of benzene rings is 1. The molecular formula is C11H6ClF7N4. The third kappa shape index (κ3) is 3.05. The van der Waals surface area contributed by atoms with Gasteiger partial charge in [-0.15, -0.1) is 0 Å². The molecule has 0 spiro atoms. The van der Waals surface area contributed by atoms with Crippen LogP contribution in [-0.2, 0) is 0 Å². The number of alkyl halides is 7. The van der Waals surface area contributed by atoms with Crippen molar-refractivity contribution in [2.24, 2.45) is 10.2 Å². The number of hydrogen-bond donors (Lipinski definition) is 2. The van der Waals surface area contributed by atoms with Gasteiger partial charge in [-0.2, -0.15) is 40.9 Å². The Bertz CT molecular complexity index is 651. The van der Waals surface area contributed by atoms with Crippen LogP contribution in [0.25, 0.3) is 0 Å². The molecule has 1 aromatic carbocycles. The van der Waals surface area contributed by atoms with Gasteiger partial charge >= 0.3 is 18.0 Å². The minimum atomic E-state index is -6.46. The highest BCUT2D eigenvalue weighted by atomic mass is 35.5. The van der Waals surface area contributed by atoms with E-state index in [0.717, 1.165) is 0 Å². The first kappa shape index (κ1) is 17.3. The predicted molar refractivity (Wildman–Crippen MR) is 67.6 cm³/mol. The van der Waals surface area contributed by atoms with E-state index in [4.69, 9.17) is 11.6 Å². The molecule has 0 fully saturated rings. The minimum Gasteiger partial charge on any atom is -0.257 e. The molecule has 12 heteroatoms. The monoisotopic (exact) mass is 362 g/mol. The van der Waals surface area contributed by atoms with E-state index < -0.39 is 23.9 Å². The number of halogens is 8. The lowest BCUT2D eigenvalue weighted by Gasteiger charge is -2.29. The van der Waals surface area contributed by atoms with Gasteiger partial charge < -0.3 is 0 Å². The normalized spacial score (nSPS) is 16.2. The summed E-state index contributed by atoms with van der Waals surface area (Å²) < 4.78 is 88.7. The number of hydrazone groups is 2.